The van der Waals surface area contributed by atoms with E-state index in [4.69, 9.17) is 9.47 Å². The zero-order chi connectivity index (χ0) is 19.9. The molecule has 0 saturated carbocycles. The summed E-state index contributed by atoms with van der Waals surface area (Å²) < 4.78 is 10.7. The summed E-state index contributed by atoms with van der Waals surface area (Å²) in [4.78, 5) is 9.32. The number of hydrogen-bond acceptors (Lipinski definition) is 6. The molecular weight excluding hydrogens is 352 g/mol. The van der Waals surface area contributed by atoms with Gasteiger partial charge in [0.25, 0.3) is 0 Å². The summed E-state index contributed by atoms with van der Waals surface area (Å²) in [6.07, 6.45) is 0.983. The van der Waals surface area contributed by atoms with E-state index in [0.29, 0.717) is 23.3 Å². The minimum absolute atomic E-state index is 0.278. The first-order valence-electron chi connectivity index (χ1n) is 9.33. The lowest BCUT2D eigenvalue weighted by Gasteiger charge is -2.15. The van der Waals surface area contributed by atoms with Crippen LogP contribution in [0.15, 0.2) is 54.6 Å². The number of aromatic nitrogens is 2. The van der Waals surface area contributed by atoms with Crippen molar-refractivity contribution in [3.63, 3.8) is 0 Å². The molecule has 0 bridgehead atoms. The highest BCUT2D eigenvalue weighted by Gasteiger charge is 2.10. The fourth-order valence-electron chi connectivity index (χ4n) is 2.72. The molecule has 0 amide bonds. The van der Waals surface area contributed by atoms with Gasteiger partial charge < -0.3 is 20.1 Å². The van der Waals surface area contributed by atoms with E-state index >= 15 is 0 Å². The summed E-state index contributed by atoms with van der Waals surface area (Å²) in [6.45, 7) is 4.24. The van der Waals surface area contributed by atoms with E-state index in [1.54, 1.807) is 14.2 Å². The molecule has 1 atom stereocenters. The van der Waals surface area contributed by atoms with E-state index in [1.165, 1.54) is 0 Å². The summed E-state index contributed by atoms with van der Waals surface area (Å²) in [7, 11) is 3.24. The molecule has 0 aliphatic heterocycles. The number of ether oxygens (including phenoxy) is 2. The van der Waals surface area contributed by atoms with Gasteiger partial charge in [0, 0.05) is 29.4 Å². The molecule has 1 heterocycles. The molecule has 2 aromatic carbocycles. The van der Waals surface area contributed by atoms with E-state index in [-0.39, 0.29) is 6.04 Å². The molecule has 28 heavy (non-hydrogen) atoms. The first kappa shape index (κ1) is 19.5. The van der Waals surface area contributed by atoms with Gasteiger partial charge in [0.05, 0.1) is 19.9 Å². The van der Waals surface area contributed by atoms with Gasteiger partial charge in [-0.05, 0) is 25.5 Å². The molecule has 6 nitrogen and oxygen atoms in total. The Hall–Kier alpha value is -3.28. The number of anilines is 3. The van der Waals surface area contributed by atoms with E-state index < -0.39 is 0 Å². The third-order valence-electron chi connectivity index (χ3n) is 4.44. The molecule has 2 N–H and O–H groups in total. The average molecular weight is 378 g/mol. The Labute approximate surface area is 166 Å². The molecule has 0 fully saturated rings. The monoisotopic (exact) mass is 378 g/mol. The zero-order valence-electron chi connectivity index (χ0n) is 16.7. The number of rotatable bonds is 8. The number of nitrogens with one attached hydrogen (secondary N) is 2. The highest BCUT2D eigenvalue weighted by Crippen LogP contribution is 2.31. The molecule has 0 unspecified atom stereocenters. The molecule has 0 radical (unpaired) electrons. The average Bonchev–Trinajstić information content (AvgIpc) is 2.74. The van der Waals surface area contributed by atoms with Crippen molar-refractivity contribution in [1.29, 1.82) is 0 Å². The second-order valence-electron chi connectivity index (χ2n) is 6.48. The van der Waals surface area contributed by atoms with Crippen LogP contribution in [0.25, 0.3) is 11.3 Å². The lowest BCUT2D eigenvalue weighted by molar-refractivity contribution is 0.355. The number of nitrogens with zero attached hydrogens (tertiary/aromatic N) is 2. The minimum Gasteiger partial charge on any atom is -0.493 e. The molecule has 0 aliphatic rings. The predicted molar refractivity (Wildman–Crippen MR) is 114 cm³/mol. The number of hydrogen-bond donors (Lipinski definition) is 2. The van der Waals surface area contributed by atoms with Crippen LogP contribution in [0.4, 0.5) is 17.5 Å². The molecule has 0 spiro atoms. The van der Waals surface area contributed by atoms with Crippen LogP contribution in [-0.2, 0) is 0 Å². The predicted octanol–water partition coefficient (Wildman–Crippen LogP) is 5.11. The summed E-state index contributed by atoms with van der Waals surface area (Å²) in [5.74, 6) is 2.63. The Morgan fingerprint density at radius 3 is 2.36 bits per heavy atom. The molecule has 3 rings (SSSR count). The van der Waals surface area contributed by atoms with Crippen LogP contribution < -0.4 is 20.1 Å². The largest absolute Gasteiger partial charge is 0.493 e. The highest BCUT2D eigenvalue weighted by atomic mass is 16.5. The van der Waals surface area contributed by atoms with Gasteiger partial charge in [-0.3, -0.25) is 0 Å². The first-order chi connectivity index (χ1) is 13.6. The Balaban J connectivity index is 1.96. The summed E-state index contributed by atoms with van der Waals surface area (Å²) in [6, 6.07) is 17.9. The van der Waals surface area contributed by atoms with E-state index in [0.717, 1.165) is 23.4 Å². The third-order valence-corrected chi connectivity index (χ3v) is 4.44. The van der Waals surface area contributed by atoms with Crippen molar-refractivity contribution in [3.05, 3.63) is 54.6 Å². The van der Waals surface area contributed by atoms with Gasteiger partial charge in [0.2, 0.25) is 5.95 Å². The van der Waals surface area contributed by atoms with Crippen molar-refractivity contribution in [2.45, 2.75) is 26.3 Å². The van der Waals surface area contributed by atoms with Crippen LogP contribution >= 0.6 is 0 Å². The Bertz CT molecular complexity index is 916. The van der Waals surface area contributed by atoms with Crippen molar-refractivity contribution in [1.82, 2.24) is 9.97 Å². The van der Waals surface area contributed by atoms with Crippen LogP contribution in [-0.4, -0.2) is 30.2 Å². The lowest BCUT2D eigenvalue weighted by Crippen LogP contribution is -2.16. The maximum atomic E-state index is 5.39. The van der Waals surface area contributed by atoms with Crippen LogP contribution in [0.5, 0.6) is 11.5 Å². The van der Waals surface area contributed by atoms with E-state index in [9.17, 15) is 0 Å². The van der Waals surface area contributed by atoms with Crippen LogP contribution in [0.2, 0.25) is 0 Å². The standard InChI is InChI=1S/C22H26N4O2/c1-5-15(2)23-22-25-18(16-9-7-6-8-10-16)14-21(26-22)24-17-11-12-19(27-3)20(13-17)28-4/h6-15H,5H2,1-4H3,(H2,23,24,25,26)/t15-/m0/s1. The van der Waals surface area contributed by atoms with Crippen LogP contribution in [0.1, 0.15) is 20.3 Å². The number of benzene rings is 2. The summed E-state index contributed by atoms with van der Waals surface area (Å²) in [5, 5.41) is 6.71. The molecule has 0 aliphatic carbocycles. The molecular formula is C22H26N4O2. The van der Waals surface area contributed by atoms with Gasteiger partial charge in [0.1, 0.15) is 5.82 Å². The van der Waals surface area contributed by atoms with Gasteiger partial charge >= 0.3 is 0 Å². The minimum atomic E-state index is 0.278. The Kier molecular flexibility index (Phi) is 6.32. The molecule has 146 valence electrons. The van der Waals surface area contributed by atoms with Crippen molar-refractivity contribution < 1.29 is 9.47 Å². The lowest BCUT2D eigenvalue weighted by atomic mass is 10.1. The zero-order valence-corrected chi connectivity index (χ0v) is 16.7. The van der Waals surface area contributed by atoms with Gasteiger partial charge in [-0.1, -0.05) is 37.3 Å². The Morgan fingerprint density at radius 1 is 0.929 bits per heavy atom. The van der Waals surface area contributed by atoms with Gasteiger partial charge in [0.15, 0.2) is 11.5 Å². The third kappa shape index (κ3) is 4.71. The maximum absolute atomic E-state index is 5.39. The number of methoxy groups -OCH3 is 2. The fraction of sp³-hybridized carbons (Fsp3) is 0.273. The van der Waals surface area contributed by atoms with Crippen molar-refractivity contribution in [2.24, 2.45) is 0 Å². The SMILES string of the molecule is CC[C@H](C)Nc1nc(Nc2ccc(OC)c(OC)c2)cc(-c2ccccc2)n1. The summed E-state index contributed by atoms with van der Waals surface area (Å²) in [5.41, 5.74) is 2.74. The second-order valence-corrected chi connectivity index (χ2v) is 6.48. The summed E-state index contributed by atoms with van der Waals surface area (Å²) >= 11 is 0. The van der Waals surface area contributed by atoms with Crippen LogP contribution in [0.3, 0.4) is 0 Å². The van der Waals surface area contributed by atoms with E-state index in [2.05, 4.69) is 34.4 Å². The maximum Gasteiger partial charge on any atom is 0.225 e. The van der Waals surface area contributed by atoms with Gasteiger partial charge in [-0.2, -0.15) is 4.98 Å². The van der Waals surface area contributed by atoms with Crippen molar-refractivity contribution >= 4 is 17.5 Å². The topological polar surface area (TPSA) is 68.3 Å². The smallest absolute Gasteiger partial charge is 0.225 e. The normalized spacial score (nSPS) is 11.6. The molecule has 0 saturated heterocycles. The highest BCUT2D eigenvalue weighted by molar-refractivity contribution is 5.68. The second kappa shape index (κ2) is 9.08. The van der Waals surface area contributed by atoms with Crippen LogP contribution in [0, 0.1) is 0 Å². The Morgan fingerprint density at radius 2 is 1.68 bits per heavy atom. The molecule has 1 aromatic heterocycles. The molecule has 6 heteroatoms. The fourth-order valence-corrected chi connectivity index (χ4v) is 2.72. The van der Waals surface area contributed by atoms with Crippen molar-refractivity contribution in [2.75, 3.05) is 24.9 Å². The molecule has 3 aromatic rings. The van der Waals surface area contributed by atoms with Gasteiger partial charge in [-0.25, -0.2) is 4.98 Å². The quantitative estimate of drug-likeness (QED) is 0.567. The first-order valence-corrected chi connectivity index (χ1v) is 9.33. The van der Waals surface area contributed by atoms with E-state index in [1.807, 2.05) is 54.6 Å². The van der Waals surface area contributed by atoms with Gasteiger partial charge in [-0.15, -0.1) is 0 Å². The van der Waals surface area contributed by atoms with Crippen molar-refractivity contribution in [3.8, 4) is 22.8 Å².